The highest BCUT2D eigenvalue weighted by atomic mass is 16.5. The minimum atomic E-state index is -0.464. The summed E-state index contributed by atoms with van der Waals surface area (Å²) >= 11 is 0. The lowest BCUT2D eigenvalue weighted by Crippen LogP contribution is -2.21. The van der Waals surface area contributed by atoms with Crippen LogP contribution in [0.4, 0.5) is 5.69 Å². The third-order valence-electron chi connectivity index (χ3n) is 2.01. The average Bonchev–Trinajstić information content (AvgIpc) is 2.28. The third-order valence-corrected chi connectivity index (χ3v) is 2.01. The molecule has 0 saturated heterocycles. The van der Waals surface area contributed by atoms with E-state index in [-0.39, 0.29) is 12.3 Å². The van der Waals surface area contributed by atoms with E-state index in [4.69, 9.17) is 5.11 Å². The van der Waals surface area contributed by atoms with Crippen molar-refractivity contribution >= 4 is 11.7 Å². The SMILES string of the molecule is COC(=O)c1cc(N(C)CCO)ccn1. The normalized spacial score (nSPS) is 9.80. The average molecular weight is 210 g/mol. The minimum absolute atomic E-state index is 0.0619. The van der Waals surface area contributed by atoms with Gasteiger partial charge in [-0.3, -0.25) is 0 Å². The van der Waals surface area contributed by atoms with Crippen molar-refractivity contribution in [3.05, 3.63) is 24.0 Å². The number of likely N-dealkylation sites (N-methyl/N-ethyl adjacent to an activating group) is 1. The predicted octanol–water partition coefficient (Wildman–Crippen LogP) is 0.297. The van der Waals surface area contributed by atoms with Crippen LogP contribution in [0.3, 0.4) is 0 Å². The molecule has 1 rings (SSSR count). The van der Waals surface area contributed by atoms with Crippen molar-refractivity contribution in [2.45, 2.75) is 0 Å². The topological polar surface area (TPSA) is 62.7 Å². The summed E-state index contributed by atoms with van der Waals surface area (Å²) in [7, 11) is 3.14. The fourth-order valence-corrected chi connectivity index (χ4v) is 1.15. The van der Waals surface area contributed by atoms with Crippen LogP contribution in [0.25, 0.3) is 0 Å². The zero-order chi connectivity index (χ0) is 11.3. The Morgan fingerprint density at radius 1 is 1.67 bits per heavy atom. The summed E-state index contributed by atoms with van der Waals surface area (Å²) in [5.41, 5.74) is 1.08. The van der Waals surface area contributed by atoms with E-state index in [2.05, 4.69) is 9.72 Å². The second kappa shape index (κ2) is 5.31. The molecule has 0 aromatic carbocycles. The Kier molecular flexibility index (Phi) is 4.05. The zero-order valence-corrected chi connectivity index (χ0v) is 8.80. The summed E-state index contributed by atoms with van der Waals surface area (Å²) in [6, 6.07) is 3.39. The van der Waals surface area contributed by atoms with Gasteiger partial charge < -0.3 is 14.7 Å². The summed E-state index contributed by atoms with van der Waals surface area (Å²) in [5.74, 6) is -0.464. The van der Waals surface area contributed by atoms with Crippen molar-refractivity contribution in [3.63, 3.8) is 0 Å². The number of methoxy groups -OCH3 is 1. The number of esters is 1. The molecule has 0 aliphatic carbocycles. The Hall–Kier alpha value is -1.62. The molecule has 1 N–H and O–H groups in total. The van der Waals surface area contributed by atoms with Crippen molar-refractivity contribution in [2.24, 2.45) is 0 Å². The molecule has 0 aliphatic rings. The molecule has 0 bridgehead atoms. The van der Waals surface area contributed by atoms with Gasteiger partial charge in [0.2, 0.25) is 0 Å². The maximum Gasteiger partial charge on any atom is 0.356 e. The molecule has 0 saturated carbocycles. The number of rotatable bonds is 4. The van der Waals surface area contributed by atoms with Gasteiger partial charge in [-0.25, -0.2) is 9.78 Å². The lowest BCUT2D eigenvalue weighted by molar-refractivity contribution is 0.0594. The first-order valence-corrected chi connectivity index (χ1v) is 4.55. The van der Waals surface area contributed by atoms with E-state index >= 15 is 0 Å². The van der Waals surface area contributed by atoms with Crippen LogP contribution in [0, 0.1) is 0 Å². The lowest BCUT2D eigenvalue weighted by Gasteiger charge is -2.17. The molecule has 0 unspecified atom stereocenters. The number of hydrogen-bond acceptors (Lipinski definition) is 5. The first-order valence-electron chi connectivity index (χ1n) is 4.55. The van der Waals surface area contributed by atoms with Crippen LogP contribution >= 0.6 is 0 Å². The van der Waals surface area contributed by atoms with E-state index in [1.165, 1.54) is 13.3 Å². The number of carbonyl (C=O) groups excluding carboxylic acids is 1. The maximum absolute atomic E-state index is 11.2. The molecule has 0 radical (unpaired) electrons. The van der Waals surface area contributed by atoms with Crippen molar-refractivity contribution in [1.29, 1.82) is 0 Å². The number of ether oxygens (including phenoxy) is 1. The van der Waals surface area contributed by atoms with Gasteiger partial charge in [-0.1, -0.05) is 0 Å². The Bertz CT molecular complexity index is 341. The molecular weight excluding hydrogens is 196 g/mol. The Morgan fingerprint density at radius 2 is 2.40 bits per heavy atom. The summed E-state index contributed by atoms with van der Waals surface area (Å²) in [4.78, 5) is 16.9. The molecule has 1 aromatic heterocycles. The van der Waals surface area contributed by atoms with E-state index in [1.54, 1.807) is 12.1 Å². The molecular formula is C10H14N2O3. The van der Waals surface area contributed by atoms with Crippen molar-refractivity contribution in [3.8, 4) is 0 Å². The second-order valence-corrected chi connectivity index (χ2v) is 3.04. The van der Waals surface area contributed by atoms with Gasteiger partial charge in [-0.05, 0) is 12.1 Å². The lowest BCUT2D eigenvalue weighted by atomic mass is 10.3. The Morgan fingerprint density at radius 3 is 3.00 bits per heavy atom. The summed E-state index contributed by atoms with van der Waals surface area (Å²) in [6.45, 7) is 0.566. The summed E-state index contributed by atoms with van der Waals surface area (Å²) in [5, 5.41) is 8.77. The van der Waals surface area contributed by atoms with E-state index in [0.717, 1.165) is 5.69 Å². The molecule has 15 heavy (non-hydrogen) atoms. The molecule has 82 valence electrons. The van der Waals surface area contributed by atoms with Crippen LogP contribution in [0.15, 0.2) is 18.3 Å². The van der Waals surface area contributed by atoms with Gasteiger partial charge in [0.05, 0.1) is 13.7 Å². The van der Waals surface area contributed by atoms with Gasteiger partial charge in [-0.2, -0.15) is 0 Å². The molecule has 0 spiro atoms. The van der Waals surface area contributed by atoms with Crippen molar-refractivity contribution < 1.29 is 14.6 Å². The molecule has 0 atom stereocenters. The fourth-order valence-electron chi connectivity index (χ4n) is 1.15. The molecule has 0 fully saturated rings. The predicted molar refractivity (Wildman–Crippen MR) is 55.9 cm³/mol. The minimum Gasteiger partial charge on any atom is -0.464 e. The van der Waals surface area contributed by atoms with Gasteiger partial charge in [0.25, 0.3) is 0 Å². The number of hydrogen-bond donors (Lipinski definition) is 1. The molecule has 1 heterocycles. The quantitative estimate of drug-likeness (QED) is 0.724. The zero-order valence-electron chi connectivity index (χ0n) is 8.80. The maximum atomic E-state index is 11.2. The number of anilines is 1. The molecule has 5 heteroatoms. The monoisotopic (exact) mass is 210 g/mol. The highest BCUT2D eigenvalue weighted by Crippen LogP contribution is 2.12. The van der Waals surface area contributed by atoms with E-state index in [1.807, 2.05) is 11.9 Å². The van der Waals surface area contributed by atoms with Crippen molar-refractivity contribution in [1.82, 2.24) is 4.98 Å². The number of pyridine rings is 1. The van der Waals surface area contributed by atoms with Crippen LogP contribution in [0.2, 0.25) is 0 Å². The van der Waals surface area contributed by atoms with E-state index in [9.17, 15) is 4.79 Å². The second-order valence-electron chi connectivity index (χ2n) is 3.04. The summed E-state index contributed by atoms with van der Waals surface area (Å²) < 4.78 is 4.56. The van der Waals surface area contributed by atoms with Gasteiger partial charge in [0, 0.05) is 25.5 Å². The Labute approximate surface area is 88.3 Å². The number of nitrogens with zero attached hydrogens (tertiary/aromatic N) is 2. The molecule has 0 aliphatic heterocycles. The fraction of sp³-hybridized carbons (Fsp3) is 0.400. The number of aromatic nitrogens is 1. The molecule has 0 amide bonds. The standard InChI is InChI=1S/C10H14N2O3/c1-12(5-6-13)8-3-4-11-9(7-8)10(14)15-2/h3-4,7,13H,5-6H2,1-2H3. The van der Waals surface area contributed by atoms with Crippen LogP contribution in [0.1, 0.15) is 10.5 Å². The largest absolute Gasteiger partial charge is 0.464 e. The van der Waals surface area contributed by atoms with Gasteiger partial charge >= 0.3 is 5.97 Å². The first-order chi connectivity index (χ1) is 7.19. The highest BCUT2D eigenvalue weighted by Gasteiger charge is 2.08. The van der Waals surface area contributed by atoms with Gasteiger partial charge in [0.1, 0.15) is 5.69 Å². The van der Waals surface area contributed by atoms with Crippen LogP contribution in [-0.4, -0.2) is 43.4 Å². The smallest absolute Gasteiger partial charge is 0.356 e. The van der Waals surface area contributed by atoms with Crippen LogP contribution < -0.4 is 4.90 Å². The van der Waals surface area contributed by atoms with E-state index in [0.29, 0.717) is 6.54 Å². The molecule has 1 aromatic rings. The number of aliphatic hydroxyl groups is 1. The van der Waals surface area contributed by atoms with Crippen LogP contribution in [0.5, 0.6) is 0 Å². The van der Waals surface area contributed by atoms with Gasteiger partial charge in [-0.15, -0.1) is 0 Å². The summed E-state index contributed by atoms with van der Waals surface area (Å²) in [6.07, 6.45) is 1.54. The Balaban J connectivity index is 2.87. The number of aliphatic hydroxyl groups excluding tert-OH is 1. The third kappa shape index (κ3) is 2.92. The van der Waals surface area contributed by atoms with Crippen LogP contribution in [-0.2, 0) is 4.74 Å². The highest BCUT2D eigenvalue weighted by molar-refractivity contribution is 5.88. The van der Waals surface area contributed by atoms with Crippen molar-refractivity contribution in [2.75, 3.05) is 32.2 Å². The van der Waals surface area contributed by atoms with E-state index < -0.39 is 5.97 Å². The van der Waals surface area contributed by atoms with Gasteiger partial charge in [0.15, 0.2) is 0 Å². The number of carbonyl (C=O) groups is 1. The first kappa shape index (κ1) is 11.5. The molecule has 5 nitrogen and oxygen atoms in total.